The van der Waals surface area contributed by atoms with Gasteiger partial charge in [0.25, 0.3) is 11.8 Å². The third-order valence-electron chi connectivity index (χ3n) is 8.32. The number of fused-ring (bicyclic) bond motifs is 4. The monoisotopic (exact) mass is 489 g/mol. The summed E-state index contributed by atoms with van der Waals surface area (Å²) in [6.45, 7) is 0.563. The summed E-state index contributed by atoms with van der Waals surface area (Å²) in [5.74, 6) is -0.376. The molecule has 1 saturated heterocycles. The molecule has 0 radical (unpaired) electrons. The van der Waals surface area contributed by atoms with Crippen molar-refractivity contribution >= 4 is 52.1 Å². The van der Waals surface area contributed by atoms with Gasteiger partial charge < -0.3 is 4.57 Å². The summed E-state index contributed by atoms with van der Waals surface area (Å²) in [7, 11) is 0. The zero-order valence-electron chi connectivity index (χ0n) is 18.2. The summed E-state index contributed by atoms with van der Waals surface area (Å²) in [6, 6.07) is 13.5. The van der Waals surface area contributed by atoms with Crippen molar-refractivity contribution in [3.63, 3.8) is 0 Å². The number of hydrogen-bond donors (Lipinski definition) is 0. The summed E-state index contributed by atoms with van der Waals surface area (Å²) >= 11 is 12.5. The van der Waals surface area contributed by atoms with Gasteiger partial charge in [-0.1, -0.05) is 59.6 Å². The highest BCUT2D eigenvalue weighted by molar-refractivity contribution is 6.35. The summed E-state index contributed by atoms with van der Waals surface area (Å²) in [5.41, 5.74) is 3.00. The van der Waals surface area contributed by atoms with Crippen LogP contribution in [0.4, 0.5) is 0 Å². The topological polar surface area (TPSA) is 54.7 Å². The Bertz CT molecular complexity index is 1420. The SMILES string of the molecule is O=C1[C@@H]2[C@@H](C(=O)N1/N=C\c1cn(Cc3ccc(Cl)cc3Cl)c3ccccc13)[C@H]1C=C[C@H]2C12CC2. The Hall–Kier alpha value is -2.89. The molecule has 3 fully saturated rings. The molecule has 4 atom stereocenters. The molecule has 3 aliphatic carbocycles. The molecular weight excluding hydrogens is 469 g/mol. The van der Waals surface area contributed by atoms with Crippen molar-refractivity contribution < 1.29 is 9.59 Å². The molecule has 2 aromatic carbocycles. The average molecular weight is 490 g/mol. The highest BCUT2D eigenvalue weighted by Crippen LogP contribution is 2.73. The zero-order chi connectivity index (χ0) is 23.2. The van der Waals surface area contributed by atoms with Crippen molar-refractivity contribution in [3.05, 3.63) is 82.0 Å². The minimum absolute atomic E-state index is 0.147. The van der Waals surface area contributed by atoms with Crippen molar-refractivity contribution in [2.24, 2.45) is 34.2 Å². The van der Waals surface area contributed by atoms with Crippen molar-refractivity contribution in [2.75, 3.05) is 0 Å². The van der Waals surface area contributed by atoms with Gasteiger partial charge in [-0.2, -0.15) is 10.1 Å². The average Bonchev–Trinajstić information content (AvgIpc) is 3.27. The van der Waals surface area contributed by atoms with E-state index in [-0.39, 0.29) is 40.9 Å². The van der Waals surface area contributed by atoms with Crippen LogP contribution in [0.15, 0.2) is 65.9 Å². The van der Waals surface area contributed by atoms with Gasteiger partial charge in [-0.05, 0) is 53.9 Å². The van der Waals surface area contributed by atoms with Crippen LogP contribution in [0.5, 0.6) is 0 Å². The Morgan fingerprint density at radius 1 is 1.00 bits per heavy atom. The van der Waals surface area contributed by atoms with Crippen LogP contribution in [0.1, 0.15) is 24.0 Å². The van der Waals surface area contributed by atoms with E-state index in [0.717, 1.165) is 39.9 Å². The van der Waals surface area contributed by atoms with Crippen molar-refractivity contribution in [2.45, 2.75) is 19.4 Å². The van der Waals surface area contributed by atoms with E-state index in [2.05, 4.69) is 21.8 Å². The number of carbonyl (C=O) groups is 2. The lowest BCUT2D eigenvalue weighted by atomic mass is 9.85. The predicted octanol–water partition coefficient (Wildman–Crippen LogP) is 5.53. The number of allylic oxidation sites excluding steroid dienone is 2. The summed E-state index contributed by atoms with van der Waals surface area (Å²) in [4.78, 5) is 26.5. The molecule has 7 rings (SSSR count). The maximum absolute atomic E-state index is 13.2. The largest absolute Gasteiger partial charge is 0.342 e. The van der Waals surface area contributed by atoms with Gasteiger partial charge in [-0.25, -0.2) is 0 Å². The summed E-state index contributed by atoms with van der Waals surface area (Å²) in [6.07, 6.45) is 10.2. The summed E-state index contributed by atoms with van der Waals surface area (Å²) in [5, 5.41) is 7.75. The molecule has 1 aromatic heterocycles. The van der Waals surface area contributed by atoms with Crippen molar-refractivity contribution in [1.29, 1.82) is 0 Å². The van der Waals surface area contributed by atoms with Crippen LogP contribution in [0.3, 0.4) is 0 Å². The maximum Gasteiger partial charge on any atom is 0.254 e. The van der Waals surface area contributed by atoms with Gasteiger partial charge in [-0.3, -0.25) is 9.59 Å². The summed E-state index contributed by atoms with van der Waals surface area (Å²) < 4.78 is 2.09. The van der Waals surface area contributed by atoms with E-state index in [1.165, 1.54) is 0 Å². The van der Waals surface area contributed by atoms with Crippen LogP contribution in [-0.2, 0) is 16.1 Å². The Labute approximate surface area is 206 Å². The quantitative estimate of drug-likeness (QED) is 0.275. The van der Waals surface area contributed by atoms with Crippen molar-refractivity contribution in [1.82, 2.24) is 9.58 Å². The van der Waals surface area contributed by atoms with Gasteiger partial charge in [0.05, 0.1) is 18.1 Å². The van der Waals surface area contributed by atoms with Gasteiger partial charge in [0.2, 0.25) is 0 Å². The number of aromatic nitrogens is 1. The van der Waals surface area contributed by atoms with Crippen LogP contribution in [-0.4, -0.2) is 27.6 Å². The van der Waals surface area contributed by atoms with Crippen LogP contribution in [0.25, 0.3) is 10.9 Å². The molecule has 2 amide bonds. The lowest BCUT2D eigenvalue weighted by molar-refractivity contribution is -0.141. The molecule has 2 bridgehead atoms. The minimum Gasteiger partial charge on any atom is -0.342 e. The Morgan fingerprint density at radius 2 is 1.71 bits per heavy atom. The number of para-hydroxylation sites is 1. The van der Waals surface area contributed by atoms with E-state index >= 15 is 0 Å². The van der Waals surface area contributed by atoms with Gasteiger partial charge in [0, 0.05) is 39.3 Å². The molecule has 3 aromatic rings. The van der Waals surface area contributed by atoms with Crippen molar-refractivity contribution in [3.8, 4) is 0 Å². The molecule has 0 unspecified atom stereocenters. The number of hydrogen-bond acceptors (Lipinski definition) is 3. The highest BCUT2D eigenvalue weighted by atomic mass is 35.5. The van der Waals surface area contributed by atoms with E-state index in [1.807, 2.05) is 42.6 Å². The fourth-order valence-electron chi connectivity index (χ4n) is 6.64. The van der Waals surface area contributed by atoms with E-state index in [0.29, 0.717) is 16.6 Å². The van der Waals surface area contributed by atoms with Gasteiger partial charge in [0.15, 0.2) is 0 Å². The number of rotatable bonds is 4. The first kappa shape index (κ1) is 20.5. The smallest absolute Gasteiger partial charge is 0.254 e. The Kier molecular flexibility index (Phi) is 4.25. The molecule has 7 heteroatoms. The number of nitrogens with zero attached hydrogens (tertiary/aromatic N) is 3. The van der Waals surface area contributed by atoms with Gasteiger partial charge >= 0.3 is 0 Å². The lowest BCUT2D eigenvalue weighted by Gasteiger charge is -2.18. The standard InChI is InChI=1S/C27H21Cl2N3O2/c28-17-6-5-15(21(29)11-17)13-31-14-16(18-3-1-2-4-22(18)31)12-30-32-25(33)23-19-7-8-20(24(23)26(32)34)27(19)9-10-27/h1-8,11-12,14,19-20,23-24H,9-10,13H2/b30-12-/t19-,20-,23+,24+/m1/s1. The first-order valence-electron chi connectivity index (χ1n) is 11.6. The molecule has 0 N–H and O–H groups in total. The Morgan fingerprint density at radius 3 is 2.38 bits per heavy atom. The molecule has 1 aliphatic heterocycles. The number of hydrazone groups is 1. The predicted molar refractivity (Wildman–Crippen MR) is 132 cm³/mol. The lowest BCUT2D eigenvalue weighted by Crippen LogP contribution is -2.30. The second-order valence-electron chi connectivity index (χ2n) is 9.92. The molecule has 34 heavy (non-hydrogen) atoms. The van der Waals surface area contributed by atoms with Crippen LogP contribution in [0.2, 0.25) is 10.0 Å². The first-order valence-corrected chi connectivity index (χ1v) is 12.4. The molecule has 2 heterocycles. The third kappa shape index (κ3) is 2.71. The second-order valence-corrected chi connectivity index (χ2v) is 10.8. The molecule has 4 aliphatic rings. The number of imide groups is 1. The first-order chi connectivity index (χ1) is 16.5. The fourth-order valence-corrected chi connectivity index (χ4v) is 7.11. The maximum atomic E-state index is 13.2. The molecule has 170 valence electrons. The Balaban J connectivity index is 1.20. The van der Waals surface area contributed by atoms with E-state index in [9.17, 15) is 9.59 Å². The number of carbonyl (C=O) groups excluding carboxylic acids is 2. The number of benzene rings is 2. The fraction of sp³-hybridized carbons (Fsp3) is 0.296. The zero-order valence-corrected chi connectivity index (χ0v) is 19.7. The van der Waals surface area contributed by atoms with Crippen LogP contribution in [0, 0.1) is 29.1 Å². The normalized spacial score (nSPS) is 28.2. The molecule has 2 saturated carbocycles. The second kappa shape index (κ2) is 7.06. The number of halogens is 2. The van der Waals surface area contributed by atoms with Crippen LogP contribution < -0.4 is 0 Å². The van der Waals surface area contributed by atoms with Gasteiger partial charge in [0.1, 0.15) is 0 Å². The van der Waals surface area contributed by atoms with E-state index in [1.54, 1.807) is 12.3 Å². The minimum atomic E-state index is -0.240. The molecule has 5 nitrogen and oxygen atoms in total. The van der Waals surface area contributed by atoms with E-state index < -0.39 is 0 Å². The van der Waals surface area contributed by atoms with E-state index in [4.69, 9.17) is 23.2 Å². The van der Waals surface area contributed by atoms with Crippen LogP contribution >= 0.6 is 23.2 Å². The van der Waals surface area contributed by atoms with Gasteiger partial charge in [-0.15, -0.1) is 0 Å². The number of amides is 2. The highest BCUT2D eigenvalue weighted by Gasteiger charge is 2.73. The molecular formula is C27H21Cl2N3O2. The molecule has 1 spiro atoms. The third-order valence-corrected chi connectivity index (χ3v) is 8.90.